The van der Waals surface area contributed by atoms with Crippen LogP contribution in [0, 0.1) is 0 Å². The number of benzene rings is 1. The summed E-state index contributed by atoms with van der Waals surface area (Å²) in [6, 6.07) is 5.88. The van der Waals surface area contributed by atoms with E-state index in [9.17, 15) is 0 Å². The lowest BCUT2D eigenvalue weighted by Gasteiger charge is -2.19. The van der Waals surface area contributed by atoms with Gasteiger partial charge in [-0.1, -0.05) is 35.3 Å². The zero-order valence-electron chi connectivity index (χ0n) is 10.2. The molecule has 0 aliphatic carbocycles. The Hall–Kier alpha value is -0.320. The highest BCUT2D eigenvalue weighted by Crippen LogP contribution is 2.26. The third-order valence-electron chi connectivity index (χ3n) is 2.66. The van der Waals surface area contributed by atoms with E-state index < -0.39 is 0 Å². The van der Waals surface area contributed by atoms with Gasteiger partial charge in [0, 0.05) is 6.04 Å². The van der Waals surface area contributed by atoms with E-state index in [2.05, 4.69) is 10.3 Å². The van der Waals surface area contributed by atoms with Crippen LogP contribution >= 0.6 is 23.2 Å². The van der Waals surface area contributed by atoms with Crippen LogP contribution in [-0.2, 0) is 6.42 Å². The maximum atomic E-state index is 6.15. The molecule has 0 fully saturated rings. The van der Waals surface area contributed by atoms with Crippen molar-refractivity contribution >= 4 is 23.2 Å². The van der Waals surface area contributed by atoms with Gasteiger partial charge in [-0.2, -0.15) is 0 Å². The van der Waals surface area contributed by atoms with Crippen LogP contribution in [0.25, 0.3) is 0 Å². The zero-order chi connectivity index (χ0) is 12.8. The summed E-state index contributed by atoms with van der Waals surface area (Å²) in [4.78, 5) is 2.13. The van der Waals surface area contributed by atoms with Crippen LogP contribution in [0.5, 0.6) is 0 Å². The minimum atomic E-state index is 0.202. The molecule has 0 heterocycles. The highest BCUT2D eigenvalue weighted by atomic mass is 35.5. The number of nitrogens with one attached hydrogen (secondary N) is 1. The van der Waals surface area contributed by atoms with Gasteiger partial charge in [-0.05, 0) is 45.1 Å². The lowest BCUT2D eigenvalue weighted by Crippen LogP contribution is -2.38. The minimum Gasteiger partial charge on any atom is -0.309 e. The topological polar surface area (TPSA) is 41.3 Å². The average molecular weight is 276 g/mol. The summed E-state index contributed by atoms with van der Waals surface area (Å²) in [5.74, 6) is 5.55. The second-order valence-corrected chi connectivity index (χ2v) is 5.16. The van der Waals surface area contributed by atoms with Gasteiger partial charge in [0.25, 0.3) is 0 Å². The monoisotopic (exact) mass is 275 g/mol. The van der Waals surface area contributed by atoms with Crippen molar-refractivity contribution in [3.63, 3.8) is 0 Å². The SMILES string of the molecule is CN(C)CCC(Cc1cccc(Cl)c1Cl)NN. The molecule has 1 atom stereocenters. The molecule has 0 aromatic heterocycles. The maximum absolute atomic E-state index is 6.15. The Balaban J connectivity index is 2.64. The largest absolute Gasteiger partial charge is 0.309 e. The number of nitrogens with two attached hydrogens (primary N) is 1. The standard InChI is InChI=1S/C12H19Cl2N3/c1-17(2)7-6-10(16-15)8-9-4-3-5-11(13)12(9)14/h3-5,10,16H,6-8,15H2,1-2H3. The Bertz CT molecular complexity index is 356. The fraction of sp³-hybridized carbons (Fsp3) is 0.500. The minimum absolute atomic E-state index is 0.202. The van der Waals surface area contributed by atoms with E-state index in [-0.39, 0.29) is 6.04 Å². The van der Waals surface area contributed by atoms with Gasteiger partial charge in [-0.3, -0.25) is 11.3 Å². The van der Waals surface area contributed by atoms with Crippen LogP contribution in [0.4, 0.5) is 0 Å². The van der Waals surface area contributed by atoms with Crippen LogP contribution in [-0.4, -0.2) is 31.6 Å². The molecular formula is C12H19Cl2N3. The first-order valence-electron chi connectivity index (χ1n) is 5.58. The molecule has 0 aliphatic rings. The molecule has 1 aromatic rings. The van der Waals surface area contributed by atoms with Crippen molar-refractivity contribution in [3.8, 4) is 0 Å². The van der Waals surface area contributed by atoms with E-state index >= 15 is 0 Å². The van der Waals surface area contributed by atoms with E-state index in [1.165, 1.54) is 0 Å². The number of halogens is 2. The van der Waals surface area contributed by atoms with E-state index in [4.69, 9.17) is 29.0 Å². The van der Waals surface area contributed by atoms with Gasteiger partial charge in [0.1, 0.15) is 0 Å². The van der Waals surface area contributed by atoms with Crippen LogP contribution in [0.15, 0.2) is 18.2 Å². The highest BCUT2D eigenvalue weighted by Gasteiger charge is 2.11. The first-order chi connectivity index (χ1) is 8.04. The van der Waals surface area contributed by atoms with E-state index in [1.807, 2.05) is 26.2 Å². The maximum Gasteiger partial charge on any atom is 0.0624 e. The molecule has 1 rings (SSSR count). The fourth-order valence-corrected chi connectivity index (χ4v) is 2.03. The van der Waals surface area contributed by atoms with Gasteiger partial charge in [0.2, 0.25) is 0 Å². The van der Waals surface area contributed by atoms with Gasteiger partial charge >= 0.3 is 0 Å². The summed E-state index contributed by atoms with van der Waals surface area (Å²) < 4.78 is 0. The fourth-order valence-electron chi connectivity index (χ4n) is 1.63. The Kier molecular flexibility index (Phi) is 6.23. The van der Waals surface area contributed by atoms with Crippen molar-refractivity contribution < 1.29 is 0 Å². The Morgan fingerprint density at radius 3 is 2.65 bits per heavy atom. The van der Waals surface area contributed by atoms with Crippen molar-refractivity contribution in [2.75, 3.05) is 20.6 Å². The summed E-state index contributed by atoms with van der Waals surface area (Å²) in [6.07, 6.45) is 1.75. The van der Waals surface area contributed by atoms with Gasteiger partial charge in [0.05, 0.1) is 10.0 Å². The van der Waals surface area contributed by atoms with Crippen LogP contribution in [0.2, 0.25) is 10.0 Å². The molecule has 0 bridgehead atoms. The number of nitrogens with zero attached hydrogens (tertiary/aromatic N) is 1. The third kappa shape index (κ3) is 4.82. The Labute approximate surface area is 113 Å². The molecule has 1 unspecified atom stereocenters. The van der Waals surface area contributed by atoms with Crippen LogP contribution in [0.3, 0.4) is 0 Å². The van der Waals surface area contributed by atoms with Crippen molar-refractivity contribution in [2.24, 2.45) is 5.84 Å². The predicted octanol–water partition coefficient (Wildman–Crippen LogP) is 2.32. The second kappa shape index (κ2) is 7.19. The summed E-state index contributed by atoms with van der Waals surface area (Å²) in [7, 11) is 4.08. The molecule has 0 spiro atoms. The highest BCUT2D eigenvalue weighted by molar-refractivity contribution is 6.42. The molecule has 0 saturated carbocycles. The summed E-state index contributed by atoms with van der Waals surface area (Å²) in [5.41, 5.74) is 3.85. The quantitative estimate of drug-likeness (QED) is 0.619. The van der Waals surface area contributed by atoms with Gasteiger partial charge in [-0.15, -0.1) is 0 Å². The number of rotatable bonds is 6. The predicted molar refractivity (Wildman–Crippen MR) is 74.4 cm³/mol. The second-order valence-electron chi connectivity index (χ2n) is 4.37. The Morgan fingerprint density at radius 1 is 1.35 bits per heavy atom. The molecule has 96 valence electrons. The van der Waals surface area contributed by atoms with Gasteiger partial charge < -0.3 is 4.90 Å². The van der Waals surface area contributed by atoms with Crippen molar-refractivity contribution in [2.45, 2.75) is 18.9 Å². The molecule has 3 nitrogen and oxygen atoms in total. The third-order valence-corrected chi connectivity index (χ3v) is 3.52. The molecule has 1 aromatic carbocycles. The molecule has 3 N–H and O–H groups in total. The molecule has 0 radical (unpaired) electrons. The smallest absolute Gasteiger partial charge is 0.0624 e. The van der Waals surface area contributed by atoms with Gasteiger partial charge in [-0.25, -0.2) is 0 Å². The zero-order valence-corrected chi connectivity index (χ0v) is 11.7. The van der Waals surface area contributed by atoms with Crippen molar-refractivity contribution in [1.29, 1.82) is 0 Å². The lowest BCUT2D eigenvalue weighted by atomic mass is 10.0. The Morgan fingerprint density at radius 2 is 2.06 bits per heavy atom. The lowest BCUT2D eigenvalue weighted by molar-refractivity contribution is 0.358. The number of hydrogen-bond acceptors (Lipinski definition) is 3. The molecule has 0 saturated heterocycles. The number of hydrazine groups is 1. The first kappa shape index (κ1) is 14.7. The molecule has 0 amide bonds. The van der Waals surface area contributed by atoms with Gasteiger partial charge in [0.15, 0.2) is 0 Å². The normalized spacial score (nSPS) is 13.1. The number of hydrogen-bond donors (Lipinski definition) is 2. The summed E-state index contributed by atoms with van der Waals surface area (Å²) in [6.45, 7) is 0.979. The van der Waals surface area contributed by atoms with Crippen LogP contribution < -0.4 is 11.3 Å². The molecule has 5 heteroatoms. The van der Waals surface area contributed by atoms with Crippen molar-refractivity contribution in [1.82, 2.24) is 10.3 Å². The van der Waals surface area contributed by atoms with Crippen molar-refractivity contribution in [3.05, 3.63) is 33.8 Å². The van der Waals surface area contributed by atoms with E-state index in [0.29, 0.717) is 10.0 Å². The summed E-state index contributed by atoms with van der Waals surface area (Å²) in [5, 5.41) is 1.21. The van der Waals surface area contributed by atoms with E-state index in [0.717, 1.165) is 24.9 Å². The first-order valence-corrected chi connectivity index (χ1v) is 6.34. The van der Waals surface area contributed by atoms with Crippen LogP contribution in [0.1, 0.15) is 12.0 Å². The average Bonchev–Trinajstić information content (AvgIpc) is 2.29. The summed E-state index contributed by atoms with van der Waals surface area (Å²) >= 11 is 12.1. The molecule has 17 heavy (non-hydrogen) atoms. The molecule has 0 aliphatic heterocycles. The van der Waals surface area contributed by atoms with E-state index in [1.54, 1.807) is 6.07 Å². The molecular weight excluding hydrogens is 257 g/mol.